The third kappa shape index (κ3) is 2.46. The molecule has 0 aliphatic carbocycles. The van der Waals surface area contributed by atoms with Gasteiger partial charge in [0.15, 0.2) is 0 Å². The van der Waals surface area contributed by atoms with Gasteiger partial charge in [0, 0.05) is 25.2 Å². The highest BCUT2D eigenvalue weighted by Gasteiger charge is 2.52. The molecule has 23 heavy (non-hydrogen) atoms. The number of carbonyl (C=O) groups excluding carboxylic acids is 1. The Morgan fingerprint density at radius 3 is 2.48 bits per heavy atom. The van der Waals surface area contributed by atoms with Crippen molar-refractivity contribution < 1.29 is 14.3 Å². The molecule has 0 aromatic heterocycles. The molecule has 1 amide bonds. The molecule has 3 aliphatic heterocycles. The van der Waals surface area contributed by atoms with Crippen LogP contribution in [0.4, 0.5) is 4.39 Å². The molecular weight excluding hydrogens is 295 g/mol. The van der Waals surface area contributed by atoms with E-state index in [4.69, 9.17) is 0 Å². The molecule has 0 radical (unpaired) electrons. The fourth-order valence-electron chi connectivity index (χ4n) is 4.54. The fraction of sp³-hybridized carbons (Fsp3) is 0.611. The van der Waals surface area contributed by atoms with Crippen molar-refractivity contribution in [3.05, 3.63) is 35.6 Å². The SMILES string of the molecule is O=C(N1[C@@H]2CC[C@H]1CC(O)C2)C1(Cc2ccccc2F)CNC1. The lowest BCUT2D eigenvalue weighted by Crippen LogP contribution is -2.65. The highest BCUT2D eigenvalue weighted by molar-refractivity contribution is 5.85. The Morgan fingerprint density at radius 2 is 1.91 bits per heavy atom. The van der Waals surface area contributed by atoms with E-state index in [1.165, 1.54) is 6.07 Å². The van der Waals surface area contributed by atoms with Gasteiger partial charge in [0.25, 0.3) is 0 Å². The first-order chi connectivity index (χ1) is 11.1. The van der Waals surface area contributed by atoms with Crippen LogP contribution in [0, 0.1) is 11.2 Å². The van der Waals surface area contributed by atoms with Gasteiger partial charge in [-0.05, 0) is 43.7 Å². The molecule has 2 N–H and O–H groups in total. The first-order valence-corrected chi connectivity index (χ1v) is 8.54. The van der Waals surface area contributed by atoms with Gasteiger partial charge in [0.05, 0.1) is 11.5 Å². The highest BCUT2D eigenvalue weighted by Crippen LogP contribution is 2.41. The molecule has 3 fully saturated rings. The second kappa shape index (κ2) is 5.56. The molecule has 1 aromatic rings. The van der Waals surface area contributed by atoms with Crippen molar-refractivity contribution in [3.63, 3.8) is 0 Å². The molecule has 0 saturated carbocycles. The van der Waals surface area contributed by atoms with Crippen LogP contribution in [-0.2, 0) is 11.2 Å². The molecule has 4 rings (SSSR count). The molecule has 3 saturated heterocycles. The lowest BCUT2D eigenvalue weighted by Gasteiger charge is -2.48. The first-order valence-electron chi connectivity index (χ1n) is 8.54. The van der Waals surface area contributed by atoms with Gasteiger partial charge in [-0.1, -0.05) is 18.2 Å². The summed E-state index contributed by atoms with van der Waals surface area (Å²) in [6, 6.07) is 7.06. The Morgan fingerprint density at radius 1 is 1.26 bits per heavy atom. The number of fused-ring (bicyclic) bond motifs is 2. The van der Waals surface area contributed by atoms with E-state index in [2.05, 4.69) is 5.32 Å². The number of aliphatic hydroxyl groups is 1. The summed E-state index contributed by atoms with van der Waals surface area (Å²) in [5.74, 6) is -0.0810. The third-order valence-electron chi connectivity index (χ3n) is 5.81. The van der Waals surface area contributed by atoms with E-state index in [0.29, 0.717) is 37.9 Å². The average Bonchev–Trinajstić information content (AvgIpc) is 2.76. The van der Waals surface area contributed by atoms with Gasteiger partial charge < -0.3 is 15.3 Å². The van der Waals surface area contributed by atoms with Crippen LogP contribution in [0.5, 0.6) is 0 Å². The van der Waals surface area contributed by atoms with Gasteiger partial charge in [0.2, 0.25) is 5.91 Å². The van der Waals surface area contributed by atoms with E-state index in [0.717, 1.165) is 12.8 Å². The van der Waals surface area contributed by atoms with Crippen molar-refractivity contribution in [2.24, 2.45) is 5.41 Å². The Kier molecular flexibility index (Phi) is 3.65. The standard InChI is InChI=1S/C18H23FN2O2/c19-16-4-2-1-3-12(16)9-18(10-20-11-18)17(23)21-13-5-6-14(21)8-15(22)7-13/h1-4,13-15,20,22H,5-11H2/t13-,14+,15?. The van der Waals surface area contributed by atoms with E-state index in [1.807, 2.05) is 11.0 Å². The van der Waals surface area contributed by atoms with Crippen molar-refractivity contribution in [1.29, 1.82) is 0 Å². The van der Waals surface area contributed by atoms with Crippen LogP contribution in [0.1, 0.15) is 31.2 Å². The van der Waals surface area contributed by atoms with Crippen molar-refractivity contribution in [2.75, 3.05) is 13.1 Å². The largest absolute Gasteiger partial charge is 0.393 e. The molecule has 5 heteroatoms. The number of rotatable bonds is 3. The minimum absolute atomic E-state index is 0.152. The zero-order valence-electron chi connectivity index (χ0n) is 13.2. The average molecular weight is 318 g/mol. The van der Waals surface area contributed by atoms with Crippen molar-refractivity contribution >= 4 is 5.91 Å². The maximum absolute atomic E-state index is 14.0. The number of amides is 1. The molecule has 1 unspecified atom stereocenters. The molecule has 124 valence electrons. The zero-order chi connectivity index (χ0) is 16.0. The van der Waals surface area contributed by atoms with Gasteiger partial charge in [-0.3, -0.25) is 4.79 Å². The van der Waals surface area contributed by atoms with Crippen LogP contribution in [0.3, 0.4) is 0 Å². The number of piperidine rings is 1. The van der Waals surface area contributed by atoms with Crippen LogP contribution in [0.25, 0.3) is 0 Å². The summed E-state index contributed by atoms with van der Waals surface area (Å²) >= 11 is 0. The van der Waals surface area contributed by atoms with Crippen LogP contribution in [0.2, 0.25) is 0 Å². The van der Waals surface area contributed by atoms with E-state index in [1.54, 1.807) is 12.1 Å². The van der Waals surface area contributed by atoms with E-state index < -0.39 is 5.41 Å². The van der Waals surface area contributed by atoms with E-state index in [9.17, 15) is 14.3 Å². The van der Waals surface area contributed by atoms with Crippen molar-refractivity contribution in [3.8, 4) is 0 Å². The maximum atomic E-state index is 14.0. The summed E-state index contributed by atoms with van der Waals surface area (Å²) in [5.41, 5.74) is 0.0949. The van der Waals surface area contributed by atoms with Crippen LogP contribution >= 0.6 is 0 Å². The summed E-state index contributed by atoms with van der Waals surface area (Å²) < 4.78 is 14.0. The van der Waals surface area contributed by atoms with Gasteiger partial charge in [-0.2, -0.15) is 0 Å². The second-order valence-electron chi connectivity index (χ2n) is 7.37. The Bertz CT molecular complexity index is 603. The second-order valence-corrected chi connectivity index (χ2v) is 7.37. The number of nitrogens with one attached hydrogen (secondary N) is 1. The predicted molar refractivity (Wildman–Crippen MR) is 84.3 cm³/mol. The molecule has 1 aromatic carbocycles. The Labute approximate surface area is 135 Å². The number of hydrogen-bond acceptors (Lipinski definition) is 3. The molecular formula is C18H23FN2O2. The molecule has 3 atom stereocenters. The molecule has 2 bridgehead atoms. The smallest absolute Gasteiger partial charge is 0.232 e. The monoisotopic (exact) mass is 318 g/mol. The van der Waals surface area contributed by atoms with Gasteiger partial charge in [-0.25, -0.2) is 4.39 Å². The summed E-state index contributed by atoms with van der Waals surface area (Å²) in [4.78, 5) is 15.3. The predicted octanol–water partition coefficient (Wildman–Crippen LogP) is 1.47. The number of benzene rings is 1. The van der Waals surface area contributed by atoms with Crippen molar-refractivity contribution in [1.82, 2.24) is 10.2 Å². The number of carbonyl (C=O) groups is 1. The lowest BCUT2D eigenvalue weighted by molar-refractivity contribution is -0.151. The molecule has 4 nitrogen and oxygen atoms in total. The normalized spacial score (nSPS) is 31.7. The quantitative estimate of drug-likeness (QED) is 0.887. The summed E-state index contributed by atoms with van der Waals surface area (Å²) in [5, 5.41) is 13.1. The van der Waals surface area contributed by atoms with Gasteiger partial charge in [0.1, 0.15) is 5.82 Å². The number of aliphatic hydroxyl groups excluding tert-OH is 1. The van der Waals surface area contributed by atoms with Gasteiger partial charge >= 0.3 is 0 Å². The van der Waals surface area contributed by atoms with E-state index in [-0.39, 0.29) is 29.9 Å². The minimum atomic E-state index is -0.522. The molecule has 3 heterocycles. The Balaban J connectivity index is 1.57. The third-order valence-corrected chi connectivity index (χ3v) is 5.81. The van der Waals surface area contributed by atoms with Crippen LogP contribution in [-0.4, -0.2) is 47.2 Å². The van der Waals surface area contributed by atoms with Crippen LogP contribution in [0.15, 0.2) is 24.3 Å². The topological polar surface area (TPSA) is 52.6 Å². The number of hydrogen-bond donors (Lipinski definition) is 2. The van der Waals surface area contributed by atoms with Crippen molar-refractivity contribution in [2.45, 2.75) is 50.3 Å². The highest BCUT2D eigenvalue weighted by atomic mass is 19.1. The Hall–Kier alpha value is -1.46. The zero-order valence-corrected chi connectivity index (χ0v) is 13.2. The number of halogens is 1. The summed E-state index contributed by atoms with van der Waals surface area (Å²) in [7, 11) is 0. The minimum Gasteiger partial charge on any atom is -0.393 e. The fourth-order valence-corrected chi connectivity index (χ4v) is 4.54. The molecule has 0 spiro atoms. The van der Waals surface area contributed by atoms with Gasteiger partial charge in [-0.15, -0.1) is 0 Å². The molecule has 3 aliphatic rings. The summed E-state index contributed by atoms with van der Waals surface area (Å²) in [6.07, 6.45) is 3.51. The summed E-state index contributed by atoms with van der Waals surface area (Å²) in [6.45, 7) is 1.22. The van der Waals surface area contributed by atoms with Crippen LogP contribution < -0.4 is 5.32 Å². The number of nitrogens with zero attached hydrogens (tertiary/aromatic N) is 1. The lowest BCUT2D eigenvalue weighted by atomic mass is 9.74. The first kappa shape index (κ1) is 15.1. The maximum Gasteiger partial charge on any atom is 0.232 e. The van der Waals surface area contributed by atoms with E-state index >= 15 is 0 Å².